The smallest absolute Gasteiger partial charge is 0.257 e. The molecule has 0 atom stereocenters. The molecule has 1 aromatic heterocycles. The van der Waals surface area contributed by atoms with E-state index in [0.29, 0.717) is 28.3 Å². The molecule has 3 aromatic carbocycles. The zero-order chi connectivity index (χ0) is 23.9. The summed E-state index contributed by atoms with van der Waals surface area (Å²) < 4.78 is 5.26. The second-order valence-electron chi connectivity index (χ2n) is 7.49. The topological polar surface area (TPSA) is 83.6 Å². The molecule has 1 heterocycles. The molecule has 7 nitrogen and oxygen atoms in total. The molecule has 0 aliphatic heterocycles. The number of hydrogen-bond acceptors (Lipinski definition) is 5. The predicted octanol–water partition coefficient (Wildman–Crippen LogP) is 5.36. The number of methoxy groups -OCH3 is 1. The molecule has 0 radical (unpaired) electrons. The van der Waals surface area contributed by atoms with Crippen molar-refractivity contribution in [2.75, 3.05) is 29.7 Å². The minimum Gasteiger partial charge on any atom is -0.495 e. The summed E-state index contributed by atoms with van der Waals surface area (Å²) in [6.07, 6.45) is 1.54. The van der Waals surface area contributed by atoms with Gasteiger partial charge in [-0.2, -0.15) is 0 Å². The van der Waals surface area contributed by atoms with Crippen molar-refractivity contribution in [3.63, 3.8) is 0 Å². The standard InChI is InChI=1S/C27H24N4O3/c1-31(22-8-4-3-5-9-22)25-17-14-20(18-28-25)27(33)29-21-15-12-19(13-16-21)26(32)30-23-10-6-7-11-24(23)34-2/h3-18H,1-2H3,(H,29,33)(H,30,32). The molecule has 34 heavy (non-hydrogen) atoms. The quantitative estimate of drug-likeness (QED) is 0.394. The molecule has 0 aliphatic carbocycles. The van der Waals surface area contributed by atoms with Gasteiger partial charge in [-0.3, -0.25) is 9.59 Å². The maximum Gasteiger partial charge on any atom is 0.257 e. The molecule has 0 aliphatic rings. The molecule has 4 aromatic rings. The number of para-hydroxylation sites is 3. The van der Waals surface area contributed by atoms with E-state index in [1.807, 2.05) is 54.4 Å². The van der Waals surface area contributed by atoms with Gasteiger partial charge in [-0.25, -0.2) is 4.98 Å². The van der Waals surface area contributed by atoms with Gasteiger partial charge in [-0.05, 0) is 60.7 Å². The second kappa shape index (κ2) is 10.3. The van der Waals surface area contributed by atoms with Crippen LogP contribution in [0.25, 0.3) is 0 Å². The Hall–Kier alpha value is -4.65. The highest BCUT2D eigenvalue weighted by Crippen LogP contribution is 2.24. The highest BCUT2D eigenvalue weighted by Gasteiger charge is 2.12. The average molecular weight is 453 g/mol. The van der Waals surface area contributed by atoms with E-state index in [4.69, 9.17) is 4.74 Å². The van der Waals surface area contributed by atoms with E-state index in [-0.39, 0.29) is 11.8 Å². The van der Waals surface area contributed by atoms with Crippen molar-refractivity contribution in [3.8, 4) is 5.75 Å². The molecule has 170 valence electrons. The van der Waals surface area contributed by atoms with Gasteiger partial charge >= 0.3 is 0 Å². The number of aromatic nitrogens is 1. The monoisotopic (exact) mass is 452 g/mol. The SMILES string of the molecule is COc1ccccc1NC(=O)c1ccc(NC(=O)c2ccc(N(C)c3ccccc3)nc2)cc1. The van der Waals surface area contributed by atoms with E-state index in [9.17, 15) is 9.59 Å². The third-order valence-electron chi connectivity index (χ3n) is 5.26. The van der Waals surface area contributed by atoms with Crippen molar-refractivity contribution >= 4 is 34.7 Å². The van der Waals surface area contributed by atoms with E-state index >= 15 is 0 Å². The van der Waals surface area contributed by atoms with Crippen molar-refractivity contribution in [3.05, 3.63) is 108 Å². The molecule has 0 saturated carbocycles. The molecule has 2 amide bonds. The minimum atomic E-state index is -0.285. The first-order valence-corrected chi connectivity index (χ1v) is 10.7. The maximum atomic E-state index is 12.6. The van der Waals surface area contributed by atoms with Crippen LogP contribution in [-0.2, 0) is 0 Å². The first-order chi connectivity index (χ1) is 16.5. The predicted molar refractivity (Wildman–Crippen MR) is 134 cm³/mol. The summed E-state index contributed by atoms with van der Waals surface area (Å²) in [6, 6.07) is 27.2. The van der Waals surface area contributed by atoms with Gasteiger partial charge in [-0.1, -0.05) is 30.3 Å². The van der Waals surface area contributed by atoms with Gasteiger partial charge in [0.05, 0.1) is 18.4 Å². The van der Waals surface area contributed by atoms with Gasteiger partial charge in [0.25, 0.3) is 11.8 Å². The van der Waals surface area contributed by atoms with Gasteiger partial charge in [0, 0.05) is 30.2 Å². The van der Waals surface area contributed by atoms with Crippen LogP contribution in [0.1, 0.15) is 20.7 Å². The number of ether oxygens (including phenoxy) is 1. The fourth-order valence-corrected chi connectivity index (χ4v) is 3.35. The van der Waals surface area contributed by atoms with Crippen molar-refractivity contribution < 1.29 is 14.3 Å². The highest BCUT2D eigenvalue weighted by atomic mass is 16.5. The Morgan fingerprint density at radius 2 is 1.41 bits per heavy atom. The van der Waals surface area contributed by atoms with Crippen molar-refractivity contribution in [2.24, 2.45) is 0 Å². The highest BCUT2D eigenvalue weighted by molar-refractivity contribution is 6.06. The lowest BCUT2D eigenvalue weighted by Gasteiger charge is -2.18. The molecule has 0 unspecified atom stereocenters. The zero-order valence-electron chi connectivity index (χ0n) is 18.9. The fraction of sp³-hybridized carbons (Fsp3) is 0.0741. The number of rotatable bonds is 7. The van der Waals surface area contributed by atoms with E-state index in [0.717, 1.165) is 11.5 Å². The Morgan fingerprint density at radius 3 is 2.09 bits per heavy atom. The third-order valence-corrected chi connectivity index (χ3v) is 5.26. The Bertz CT molecular complexity index is 1270. The van der Waals surface area contributed by atoms with Gasteiger partial charge < -0.3 is 20.3 Å². The van der Waals surface area contributed by atoms with Crippen LogP contribution < -0.4 is 20.3 Å². The number of benzene rings is 3. The molecule has 0 fully saturated rings. The summed E-state index contributed by atoms with van der Waals surface area (Å²) in [5.41, 5.74) is 3.05. The second-order valence-corrected chi connectivity index (χ2v) is 7.49. The van der Waals surface area contributed by atoms with Crippen LogP contribution in [0.5, 0.6) is 5.75 Å². The minimum absolute atomic E-state index is 0.273. The molecular weight excluding hydrogens is 428 g/mol. The van der Waals surface area contributed by atoms with Crippen LogP contribution in [0.15, 0.2) is 97.2 Å². The molecular formula is C27H24N4O3. The Kier molecular flexibility index (Phi) is 6.84. The normalized spacial score (nSPS) is 10.3. The zero-order valence-corrected chi connectivity index (χ0v) is 18.9. The van der Waals surface area contributed by atoms with Gasteiger partial charge in [0.1, 0.15) is 11.6 Å². The lowest BCUT2D eigenvalue weighted by molar-refractivity contribution is 0.101. The lowest BCUT2D eigenvalue weighted by atomic mass is 10.1. The Balaban J connectivity index is 1.38. The fourth-order valence-electron chi connectivity index (χ4n) is 3.35. The van der Waals surface area contributed by atoms with Gasteiger partial charge in [0.15, 0.2) is 0 Å². The van der Waals surface area contributed by atoms with Gasteiger partial charge in [0.2, 0.25) is 0 Å². The van der Waals surface area contributed by atoms with Crippen LogP contribution in [-0.4, -0.2) is 31.0 Å². The number of carbonyl (C=O) groups is 2. The van der Waals surface area contributed by atoms with Gasteiger partial charge in [-0.15, -0.1) is 0 Å². The van der Waals surface area contributed by atoms with E-state index in [1.54, 1.807) is 61.8 Å². The Labute approximate surface area is 198 Å². The average Bonchev–Trinajstić information content (AvgIpc) is 2.89. The van der Waals surface area contributed by atoms with Crippen molar-refractivity contribution in [1.29, 1.82) is 0 Å². The summed E-state index contributed by atoms with van der Waals surface area (Å²) >= 11 is 0. The van der Waals surface area contributed by atoms with Crippen LogP contribution in [0.4, 0.5) is 22.9 Å². The molecule has 2 N–H and O–H groups in total. The molecule has 0 bridgehead atoms. The van der Waals surface area contributed by atoms with Crippen molar-refractivity contribution in [2.45, 2.75) is 0 Å². The Morgan fingerprint density at radius 1 is 0.765 bits per heavy atom. The number of anilines is 4. The molecule has 4 rings (SSSR count). The maximum absolute atomic E-state index is 12.6. The first-order valence-electron chi connectivity index (χ1n) is 10.7. The van der Waals surface area contributed by atoms with Crippen LogP contribution in [0.2, 0.25) is 0 Å². The molecule has 0 saturated heterocycles. The third kappa shape index (κ3) is 5.21. The summed E-state index contributed by atoms with van der Waals surface area (Å²) in [5, 5.41) is 5.65. The largest absolute Gasteiger partial charge is 0.495 e. The van der Waals surface area contributed by atoms with E-state index in [1.165, 1.54) is 0 Å². The van der Waals surface area contributed by atoms with E-state index < -0.39 is 0 Å². The number of nitrogens with zero attached hydrogens (tertiary/aromatic N) is 2. The summed E-state index contributed by atoms with van der Waals surface area (Å²) in [5.74, 6) is 0.750. The number of amides is 2. The number of pyridine rings is 1. The summed E-state index contributed by atoms with van der Waals surface area (Å²) in [7, 11) is 3.47. The van der Waals surface area contributed by atoms with Crippen LogP contribution in [0, 0.1) is 0 Å². The summed E-state index contributed by atoms with van der Waals surface area (Å²) in [6.45, 7) is 0. The van der Waals surface area contributed by atoms with Crippen molar-refractivity contribution in [1.82, 2.24) is 4.98 Å². The van der Waals surface area contributed by atoms with Crippen LogP contribution >= 0.6 is 0 Å². The first kappa shape index (κ1) is 22.5. The lowest BCUT2D eigenvalue weighted by Crippen LogP contribution is -2.15. The molecule has 7 heteroatoms. The number of carbonyl (C=O) groups excluding carboxylic acids is 2. The summed E-state index contributed by atoms with van der Waals surface area (Å²) in [4.78, 5) is 31.6. The van der Waals surface area contributed by atoms with E-state index in [2.05, 4.69) is 15.6 Å². The van der Waals surface area contributed by atoms with Crippen LogP contribution in [0.3, 0.4) is 0 Å². The molecule has 0 spiro atoms. The number of nitrogens with one attached hydrogen (secondary N) is 2. The number of hydrogen-bond donors (Lipinski definition) is 2.